The molecule has 2 aromatic rings. The van der Waals surface area contributed by atoms with E-state index >= 15 is 0 Å². The highest BCUT2D eigenvalue weighted by atomic mass is 32.2. The highest BCUT2D eigenvalue weighted by molar-refractivity contribution is 7.87. The van der Waals surface area contributed by atoms with E-state index in [1.54, 1.807) is 29.2 Å². The average molecular weight is 362 g/mol. The smallest absolute Gasteiger partial charge is 0.339 e. The summed E-state index contributed by atoms with van der Waals surface area (Å²) in [4.78, 5) is 13.4. The number of carbonyl (C=O) groups is 1. The third-order valence-electron chi connectivity index (χ3n) is 3.76. The monoisotopic (exact) mass is 362 g/mol. The first-order valence-corrected chi connectivity index (χ1v) is 9.14. The second kappa shape index (κ2) is 7.02. The van der Waals surface area contributed by atoms with E-state index < -0.39 is 10.1 Å². The Labute approximate surface area is 146 Å². The zero-order valence-electron chi connectivity index (χ0n) is 13.6. The molecule has 1 N–H and O–H groups in total. The van der Waals surface area contributed by atoms with Gasteiger partial charge in [-0.1, -0.05) is 6.07 Å². The molecule has 0 atom stereocenters. The van der Waals surface area contributed by atoms with E-state index in [9.17, 15) is 13.2 Å². The summed E-state index contributed by atoms with van der Waals surface area (Å²) in [5.41, 5.74) is 0.637. The minimum absolute atomic E-state index is 0.0106. The summed E-state index contributed by atoms with van der Waals surface area (Å²) >= 11 is 0. The number of hydrogen-bond donors (Lipinski definition) is 1. The van der Waals surface area contributed by atoms with Gasteiger partial charge in [0.25, 0.3) is 0 Å². The van der Waals surface area contributed by atoms with Crippen LogP contribution in [0.1, 0.15) is 6.42 Å². The molecule has 0 aliphatic carbocycles. The van der Waals surface area contributed by atoms with Gasteiger partial charge in [-0.3, -0.25) is 4.90 Å². The molecule has 132 valence electrons. The third kappa shape index (κ3) is 3.85. The summed E-state index contributed by atoms with van der Waals surface area (Å²) in [5.74, 6) is 0.665. The Kier molecular flexibility index (Phi) is 4.80. The number of benzene rings is 2. The van der Waals surface area contributed by atoms with E-state index in [1.165, 1.54) is 31.4 Å². The average Bonchev–Trinajstić information content (AvgIpc) is 2.62. The molecule has 0 bridgehead atoms. The Balaban J connectivity index is 1.79. The molecule has 0 unspecified atom stereocenters. The number of methoxy groups -OCH3 is 1. The maximum Gasteiger partial charge on any atom is 0.339 e. The van der Waals surface area contributed by atoms with Crippen LogP contribution in [0, 0.1) is 0 Å². The van der Waals surface area contributed by atoms with Gasteiger partial charge in [-0.15, -0.1) is 0 Å². The fraction of sp³-hybridized carbons (Fsp3) is 0.235. The number of rotatable bonds is 5. The van der Waals surface area contributed by atoms with Crippen molar-refractivity contribution in [2.45, 2.75) is 11.3 Å². The van der Waals surface area contributed by atoms with Gasteiger partial charge in [-0.25, -0.2) is 4.79 Å². The van der Waals surface area contributed by atoms with E-state index in [-0.39, 0.29) is 16.7 Å². The number of nitrogens with zero attached hydrogens (tertiary/aromatic N) is 1. The van der Waals surface area contributed by atoms with Gasteiger partial charge in [0.1, 0.15) is 16.4 Å². The van der Waals surface area contributed by atoms with Crippen molar-refractivity contribution in [3.8, 4) is 11.5 Å². The predicted molar refractivity (Wildman–Crippen MR) is 92.6 cm³/mol. The Bertz CT molecular complexity index is 865. The minimum atomic E-state index is -3.97. The maximum atomic E-state index is 12.4. The number of amides is 2. The highest BCUT2D eigenvalue weighted by Gasteiger charge is 2.21. The highest BCUT2D eigenvalue weighted by Crippen LogP contribution is 2.25. The van der Waals surface area contributed by atoms with Crippen LogP contribution < -0.4 is 19.1 Å². The summed E-state index contributed by atoms with van der Waals surface area (Å²) in [6, 6.07) is 12.2. The fourth-order valence-corrected chi connectivity index (χ4v) is 3.42. The summed E-state index contributed by atoms with van der Waals surface area (Å²) in [5, 5.41) is 2.75. The minimum Gasteiger partial charge on any atom is -0.497 e. The van der Waals surface area contributed by atoms with Crippen LogP contribution in [0.15, 0.2) is 53.4 Å². The summed E-state index contributed by atoms with van der Waals surface area (Å²) in [6.07, 6.45) is 0.838. The van der Waals surface area contributed by atoms with Crippen molar-refractivity contribution in [3.05, 3.63) is 48.5 Å². The molecule has 1 aliphatic heterocycles. The van der Waals surface area contributed by atoms with Crippen LogP contribution in [0.3, 0.4) is 0 Å². The Morgan fingerprint density at radius 2 is 1.80 bits per heavy atom. The molecule has 8 heteroatoms. The first-order valence-electron chi connectivity index (χ1n) is 7.73. The van der Waals surface area contributed by atoms with Gasteiger partial charge >= 0.3 is 16.1 Å². The van der Waals surface area contributed by atoms with Crippen molar-refractivity contribution in [3.63, 3.8) is 0 Å². The number of hydrogen-bond acceptors (Lipinski definition) is 5. The van der Waals surface area contributed by atoms with Crippen LogP contribution in [0.25, 0.3) is 0 Å². The lowest BCUT2D eigenvalue weighted by Gasteiger charge is -2.27. The van der Waals surface area contributed by atoms with Crippen molar-refractivity contribution in [1.29, 1.82) is 0 Å². The van der Waals surface area contributed by atoms with Crippen LogP contribution in [0.4, 0.5) is 10.5 Å². The quantitative estimate of drug-likeness (QED) is 0.826. The number of nitrogens with one attached hydrogen (secondary N) is 1. The van der Waals surface area contributed by atoms with E-state index in [2.05, 4.69) is 5.32 Å². The van der Waals surface area contributed by atoms with E-state index in [4.69, 9.17) is 8.92 Å². The summed E-state index contributed by atoms with van der Waals surface area (Å²) < 4.78 is 35.0. The Hall–Kier alpha value is -2.74. The number of anilines is 1. The molecular weight excluding hydrogens is 344 g/mol. The molecule has 7 nitrogen and oxygen atoms in total. The molecule has 25 heavy (non-hydrogen) atoms. The lowest BCUT2D eigenvalue weighted by molar-refractivity contribution is 0.243. The van der Waals surface area contributed by atoms with Crippen LogP contribution in [0.2, 0.25) is 0 Å². The van der Waals surface area contributed by atoms with Crippen molar-refractivity contribution in [2.75, 3.05) is 25.1 Å². The first-order chi connectivity index (χ1) is 12.0. The van der Waals surface area contributed by atoms with Crippen LogP contribution in [-0.2, 0) is 10.1 Å². The van der Waals surface area contributed by atoms with Gasteiger partial charge in [0.15, 0.2) is 0 Å². The molecule has 0 spiro atoms. The van der Waals surface area contributed by atoms with Gasteiger partial charge < -0.3 is 14.2 Å². The molecule has 0 aromatic heterocycles. The van der Waals surface area contributed by atoms with Gasteiger partial charge in [-0.2, -0.15) is 8.42 Å². The molecule has 1 aliphatic rings. The molecular formula is C17H18N2O5S. The molecule has 1 saturated heterocycles. The normalized spacial score (nSPS) is 14.8. The molecule has 1 fully saturated rings. The van der Waals surface area contributed by atoms with Crippen LogP contribution in [0.5, 0.6) is 11.5 Å². The summed E-state index contributed by atoms with van der Waals surface area (Å²) in [6.45, 7) is 1.24. The zero-order chi connectivity index (χ0) is 17.9. The van der Waals surface area contributed by atoms with E-state index in [0.29, 0.717) is 24.5 Å². The number of urea groups is 1. The maximum absolute atomic E-state index is 12.4. The van der Waals surface area contributed by atoms with Gasteiger partial charge in [0.05, 0.1) is 7.11 Å². The second-order valence-corrected chi connectivity index (χ2v) is 6.99. The van der Waals surface area contributed by atoms with Crippen molar-refractivity contribution < 1.29 is 22.1 Å². The van der Waals surface area contributed by atoms with Crippen molar-refractivity contribution >= 4 is 21.8 Å². The van der Waals surface area contributed by atoms with Crippen molar-refractivity contribution in [1.82, 2.24) is 5.32 Å². The molecule has 0 radical (unpaired) electrons. The fourth-order valence-electron chi connectivity index (χ4n) is 2.50. The Morgan fingerprint density at radius 3 is 2.48 bits per heavy atom. The number of ether oxygens (including phenoxy) is 1. The Morgan fingerprint density at radius 1 is 1.08 bits per heavy atom. The predicted octanol–water partition coefficient (Wildman–Crippen LogP) is 2.38. The molecule has 2 amide bonds. The van der Waals surface area contributed by atoms with E-state index in [0.717, 1.165) is 6.42 Å². The SMILES string of the molecule is COc1cccc(OS(=O)(=O)c2ccc(N3CCCNC3=O)cc2)c1. The largest absolute Gasteiger partial charge is 0.497 e. The van der Waals surface area contributed by atoms with Gasteiger partial charge in [-0.05, 0) is 42.8 Å². The third-order valence-corrected chi connectivity index (χ3v) is 5.03. The van der Waals surface area contributed by atoms with Crippen molar-refractivity contribution in [2.24, 2.45) is 0 Å². The molecule has 2 aromatic carbocycles. The molecule has 1 heterocycles. The molecule has 0 saturated carbocycles. The zero-order valence-corrected chi connectivity index (χ0v) is 14.5. The lowest BCUT2D eigenvalue weighted by atomic mass is 10.2. The summed E-state index contributed by atoms with van der Waals surface area (Å²) in [7, 11) is -2.48. The van der Waals surface area contributed by atoms with Gasteiger partial charge in [0.2, 0.25) is 0 Å². The van der Waals surface area contributed by atoms with E-state index in [1.807, 2.05) is 0 Å². The first kappa shape index (κ1) is 17.1. The number of carbonyl (C=O) groups excluding carboxylic acids is 1. The second-order valence-electron chi connectivity index (χ2n) is 5.45. The van der Waals surface area contributed by atoms with Gasteiger partial charge in [0, 0.05) is 24.8 Å². The van der Waals surface area contributed by atoms with Crippen LogP contribution in [-0.4, -0.2) is 34.6 Å². The lowest BCUT2D eigenvalue weighted by Crippen LogP contribution is -2.46. The topological polar surface area (TPSA) is 84.9 Å². The molecule has 3 rings (SSSR count). The standard InChI is InChI=1S/C17H18N2O5S/c1-23-14-4-2-5-15(12-14)24-25(21,22)16-8-6-13(7-9-16)19-11-3-10-18-17(19)20/h2,4-9,12H,3,10-11H2,1H3,(H,18,20). The van der Waals surface area contributed by atoms with Crippen LogP contribution >= 0.6 is 0 Å².